The van der Waals surface area contributed by atoms with E-state index >= 15 is 0 Å². The van der Waals surface area contributed by atoms with Crippen molar-refractivity contribution in [2.75, 3.05) is 5.32 Å². The number of aromatic amines is 1. The molecule has 3 rings (SSSR count). The number of benzene rings is 1. The van der Waals surface area contributed by atoms with Crippen molar-refractivity contribution in [3.05, 3.63) is 42.7 Å². The van der Waals surface area contributed by atoms with Crippen molar-refractivity contribution < 1.29 is 4.79 Å². The first-order valence-electron chi connectivity index (χ1n) is 5.47. The molecule has 0 spiro atoms. The van der Waals surface area contributed by atoms with Gasteiger partial charge < -0.3 is 10.3 Å². The minimum absolute atomic E-state index is 0.532. The summed E-state index contributed by atoms with van der Waals surface area (Å²) in [7, 11) is 0. The van der Waals surface area contributed by atoms with E-state index in [9.17, 15) is 4.79 Å². The van der Waals surface area contributed by atoms with E-state index in [1.807, 2.05) is 30.3 Å². The second-order valence-electron chi connectivity index (χ2n) is 3.80. The molecule has 3 aromatic rings. The highest BCUT2D eigenvalue weighted by Gasteiger charge is 2.03. The lowest BCUT2D eigenvalue weighted by atomic mass is 10.1. The zero-order valence-corrected chi connectivity index (χ0v) is 9.42. The number of fused-ring (bicyclic) bond motifs is 1. The number of nitrogens with one attached hydrogen (secondary N) is 2. The SMILES string of the molecule is O=CNc1cccc(-c2ccc3[nH]cnc3c2)n1. The molecule has 5 nitrogen and oxygen atoms in total. The molecule has 0 fully saturated rings. The highest BCUT2D eigenvalue weighted by Crippen LogP contribution is 2.22. The lowest BCUT2D eigenvalue weighted by Gasteiger charge is -2.03. The van der Waals surface area contributed by atoms with E-state index in [0.717, 1.165) is 22.3 Å². The van der Waals surface area contributed by atoms with Crippen LogP contribution in [0.5, 0.6) is 0 Å². The largest absolute Gasteiger partial charge is 0.345 e. The highest BCUT2D eigenvalue weighted by atomic mass is 16.1. The van der Waals surface area contributed by atoms with Gasteiger partial charge in [-0.25, -0.2) is 9.97 Å². The van der Waals surface area contributed by atoms with Gasteiger partial charge in [-0.05, 0) is 24.3 Å². The minimum Gasteiger partial charge on any atom is -0.345 e. The van der Waals surface area contributed by atoms with Crippen molar-refractivity contribution in [1.82, 2.24) is 15.0 Å². The quantitative estimate of drug-likeness (QED) is 0.687. The van der Waals surface area contributed by atoms with Crippen LogP contribution < -0.4 is 5.32 Å². The van der Waals surface area contributed by atoms with Gasteiger partial charge in [-0.15, -0.1) is 0 Å². The van der Waals surface area contributed by atoms with Gasteiger partial charge in [0.15, 0.2) is 0 Å². The maximum Gasteiger partial charge on any atom is 0.212 e. The summed E-state index contributed by atoms with van der Waals surface area (Å²) in [6.45, 7) is 0. The monoisotopic (exact) mass is 238 g/mol. The number of anilines is 1. The zero-order chi connectivity index (χ0) is 12.4. The third kappa shape index (κ3) is 1.82. The number of pyridine rings is 1. The number of nitrogens with zero attached hydrogens (tertiary/aromatic N) is 2. The van der Waals surface area contributed by atoms with Crippen molar-refractivity contribution in [3.8, 4) is 11.3 Å². The molecular formula is C13H10N4O. The summed E-state index contributed by atoms with van der Waals surface area (Å²) in [6.07, 6.45) is 2.27. The summed E-state index contributed by atoms with van der Waals surface area (Å²) in [5, 5.41) is 2.54. The fourth-order valence-electron chi connectivity index (χ4n) is 1.83. The van der Waals surface area contributed by atoms with Gasteiger partial charge in [0.25, 0.3) is 0 Å². The molecule has 0 aliphatic heterocycles. The number of imidazole rings is 1. The number of aromatic nitrogens is 3. The Kier molecular flexibility index (Phi) is 2.49. The van der Waals surface area contributed by atoms with Crippen LogP contribution in [0.3, 0.4) is 0 Å². The molecule has 0 unspecified atom stereocenters. The van der Waals surface area contributed by atoms with Crippen LogP contribution in [0, 0.1) is 0 Å². The van der Waals surface area contributed by atoms with Gasteiger partial charge in [0.2, 0.25) is 6.41 Å². The lowest BCUT2D eigenvalue weighted by Crippen LogP contribution is -1.97. The maximum absolute atomic E-state index is 10.4. The van der Waals surface area contributed by atoms with Crippen molar-refractivity contribution in [1.29, 1.82) is 0 Å². The number of carbonyl (C=O) groups is 1. The fraction of sp³-hybridized carbons (Fsp3) is 0. The first-order valence-corrected chi connectivity index (χ1v) is 5.47. The van der Waals surface area contributed by atoms with E-state index in [-0.39, 0.29) is 0 Å². The van der Waals surface area contributed by atoms with E-state index in [0.29, 0.717) is 12.2 Å². The molecule has 1 aromatic carbocycles. The van der Waals surface area contributed by atoms with Crippen molar-refractivity contribution in [2.45, 2.75) is 0 Å². The number of hydrogen-bond acceptors (Lipinski definition) is 3. The molecule has 2 aromatic heterocycles. The van der Waals surface area contributed by atoms with Gasteiger partial charge in [0.1, 0.15) is 5.82 Å². The highest BCUT2D eigenvalue weighted by molar-refractivity contribution is 5.81. The van der Waals surface area contributed by atoms with Crippen LogP contribution in [0.4, 0.5) is 5.82 Å². The van der Waals surface area contributed by atoms with Crippen molar-refractivity contribution in [2.24, 2.45) is 0 Å². The summed E-state index contributed by atoms with van der Waals surface area (Å²) in [4.78, 5) is 22.0. The normalized spacial score (nSPS) is 10.4. The van der Waals surface area contributed by atoms with Crippen LogP contribution in [-0.4, -0.2) is 21.4 Å². The Bertz CT molecular complexity index is 705. The minimum atomic E-state index is 0.532. The molecule has 2 heterocycles. The molecule has 0 saturated heterocycles. The molecule has 0 aliphatic rings. The molecule has 18 heavy (non-hydrogen) atoms. The molecule has 5 heteroatoms. The van der Waals surface area contributed by atoms with Gasteiger partial charge in [-0.1, -0.05) is 12.1 Å². The standard InChI is InChI=1S/C13H10N4O/c18-8-16-13-3-1-2-10(17-13)9-4-5-11-12(6-9)15-7-14-11/h1-8H,(H,14,15)(H,16,17,18). The molecular weight excluding hydrogens is 228 g/mol. The predicted octanol–water partition coefficient (Wildman–Crippen LogP) is 2.19. The number of carbonyl (C=O) groups excluding carboxylic acids is 1. The van der Waals surface area contributed by atoms with E-state index in [2.05, 4.69) is 20.3 Å². The number of H-pyrrole nitrogens is 1. The number of amides is 1. The second kappa shape index (κ2) is 4.29. The van der Waals surface area contributed by atoms with Gasteiger partial charge in [-0.2, -0.15) is 0 Å². The molecule has 88 valence electrons. The topological polar surface area (TPSA) is 70.7 Å². The number of hydrogen-bond donors (Lipinski definition) is 2. The van der Waals surface area contributed by atoms with E-state index in [1.165, 1.54) is 0 Å². The van der Waals surface area contributed by atoms with E-state index in [4.69, 9.17) is 0 Å². The smallest absolute Gasteiger partial charge is 0.212 e. The first-order chi connectivity index (χ1) is 8.86. The van der Waals surface area contributed by atoms with E-state index < -0.39 is 0 Å². The summed E-state index contributed by atoms with van der Waals surface area (Å²) < 4.78 is 0. The summed E-state index contributed by atoms with van der Waals surface area (Å²) in [6, 6.07) is 11.4. The fourth-order valence-corrected chi connectivity index (χ4v) is 1.83. The Morgan fingerprint density at radius 3 is 3.06 bits per heavy atom. The van der Waals surface area contributed by atoms with E-state index in [1.54, 1.807) is 12.4 Å². The number of rotatable bonds is 3. The molecule has 0 bridgehead atoms. The van der Waals surface area contributed by atoms with Crippen molar-refractivity contribution >= 4 is 23.3 Å². The molecule has 0 atom stereocenters. The first kappa shape index (κ1) is 10.5. The average molecular weight is 238 g/mol. The Morgan fingerprint density at radius 1 is 1.22 bits per heavy atom. The third-order valence-corrected chi connectivity index (χ3v) is 2.67. The Balaban J connectivity index is 2.07. The summed E-state index contributed by atoms with van der Waals surface area (Å²) in [5.74, 6) is 0.532. The Hall–Kier alpha value is -2.69. The summed E-state index contributed by atoms with van der Waals surface area (Å²) >= 11 is 0. The van der Waals surface area contributed by atoms with Crippen LogP contribution in [0.2, 0.25) is 0 Å². The van der Waals surface area contributed by atoms with Gasteiger partial charge in [0.05, 0.1) is 23.1 Å². The molecule has 0 aliphatic carbocycles. The van der Waals surface area contributed by atoms with Crippen LogP contribution >= 0.6 is 0 Å². The maximum atomic E-state index is 10.4. The molecule has 0 radical (unpaired) electrons. The molecule has 0 saturated carbocycles. The third-order valence-electron chi connectivity index (χ3n) is 2.67. The second-order valence-corrected chi connectivity index (χ2v) is 3.80. The van der Waals surface area contributed by atoms with Gasteiger partial charge >= 0.3 is 0 Å². The molecule has 2 N–H and O–H groups in total. The van der Waals surface area contributed by atoms with Crippen LogP contribution in [0.15, 0.2) is 42.7 Å². The molecule has 1 amide bonds. The van der Waals surface area contributed by atoms with Crippen LogP contribution in [0.25, 0.3) is 22.3 Å². The van der Waals surface area contributed by atoms with Crippen LogP contribution in [0.1, 0.15) is 0 Å². The lowest BCUT2D eigenvalue weighted by molar-refractivity contribution is -0.105. The summed E-state index contributed by atoms with van der Waals surface area (Å²) in [5.41, 5.74) is 3.64. The van der Waals surface area contributed by atoms with Gasteiger partial charge in [-0.3, -0.25) is 4.79 Å². The van der Waals surface area contributed by atoms with Crippen molar-refractivity contribution in [3.63, 3.8) is 0 Å². The van der Waals surface area contributed by atoms with Crippen LogP contribution in [-0.2, 0) is 4.79 Å². The Labute approximate surface area is 103 Å². The Morgan fingerprint density at radius 2 is 2.17 bits per heavy atom. The predicted molar refractivity (Wildman–Crippen MR) is 69.0 cm³/mol. The average Bonchev–Trinajstić information content (AvgIpc) is 2.86. The van der Waals surface area contributed by atoms with Gasteiger partial charge in [0, 0.05) is 5.56 Å². The zero-order valence-electron chi connectivity index (χ0n) is 9.42.